The van der Waals surface area contributed by atoms with Gasteiger partial charge in [0, 0.05) is 17.8 Å². The maximum absolute atomic E-state index is 14.0. The van der Waals surface area contributed by atoms with Crippen LogP contribution in [0, 0.1) is 5.82 Å². The van der Waals surface area contributed by atoms with Crippen LogP contribution in [0.15, 0.2) is 77.4 Å². The van der Waals surface area contributed by atoms with Gasteiger partial charge in [-0.2, -0.15) is 0 Å². The minimum atomic E-state index is -0.282. The summed E-state index contributed by atoms with van der Waals surface area (Å²) in [6.45, 7) is 0.864. The van der Waals surface area contributed by atoms with E-state index in [0.29, 0.717) is 18.7 Å². The van der Waals surface area contributed by atoms with Gasteiger partial charge in [0.2, 0.25) is 5.91 Å². The first-order valence-electron chi connectivity index (χ1n) is 8.04. The number of amides is 1. The number of carbonyl (C=O) groups excluding carboxylic acids is 1. The van der Waals surface area contributed by atoms with Crippen LogP contribution in [0.25, 0.3) is 0 Å². The molecule has 0 bridgehead atoms. The summed E-state index contributed by atoms with van der Waals surface area (Å²) in [7, 11) is 0. The molecular weight excluding hydrogens is 319 g/mol. The molecule has 1 heterocycles. The third-order valence-corrected chi connectivity index (χ3v) is 3.74. The largest absolute Gasteiger partial charge is 0.468 e. The van der Waals surface area contributed by atoms with E-state index in [1.165, 1.54) is 6.07 Å². The van der Waals surface area contributed by atoms with E-state index < -0.39 is 0 Å². The number of hydrogen-bond donors (Lipinski definition) is 1. The number of carbonyl (C=O) groups is 1. The molecule has 0 aliphatic carbocycles. The average molecular weight is 338 g/mol. The summed E-state index contributed by atoms with van der Waals surface area (Å²) in [5.41, 5.74) is 1.28. The molecule has 0 saturated heterocycles. The summed E-state index contributed by atoms with van der Waals surface area (Å²) in [5.74, 6) is 0.286. The van der Waals surface area contributed by atoms with Crippen molar-refractivity contribution >= 4 is 11.6 Å². The molecule has 0 aliphatic rings. The summed E-state index contributed by atoms with van der Waals surface area (Å²) >= 11 is 0. The highest BCUT2D eigenvalue weighted by molar-refractivity contribution is 5.92. The molecule has 0 saturated carbocycles. The lowest BCUT2D eigenvalue weighted by atomic mass is 10.2. The highest BCUT2D eigenvalue weighted by atomic mass is 19.1. The van der Waals surface area contributed by atoms with Crippen molar-refractivity contribution in [2.45, 2.75) is 13.1 Å². The van der Waals surface area contributed by atoms with Gasteiger partial charge in [-0.1, -0.05) is 36.4 Å². The lowest BCUT2D eigenvalue weighted by molar-refractivity contribution is -0.117. The van der Waals surface area contributed by atoms with Crippen molar-refractivity contribution in [3.05, 3.63) is 90.1 Å². The van der Waals surface area contributed by atoms with Crippen molar-refractivity contribution < 1.29 is 13.6 Å². The molecule has 5 heteroatoms. The second-order valence-electron chi connectivity index (χ2n) is 5.73. The van der Waals surface area contributed by atoms with Gasteiger partial charge in [0.05, 0.1) is 19.4 Å². The van der Waals surface area contributed by atoms with E-state index in [4.69, 9.17) is 4.42 Å². The Morgan fingerprint density at radius 3 is 2.44 bits per heavy atom. The summed E-state index contributed by atoms with van der Waals surface area (Å²) in [6, 6.07) is 19.5. The molecule has 2 aromatic carbocycles. The lowest BCUT2D eigenvalue weighted by Gasteiger charge is -2.21. The maximum Gasteiger partial charge on any atom is 0.238 e. The van der Waals surface area contributed by atoms with Crippen molar-refractivity contribution in [1.29, 1.82) is 0 Å². The van der Waals surface area contributed by atoms with Gasteiger partial charge in [-0.15, -0.1) is 0 Å². The van der Waals surface area contributed by atoms with E-state index >= 15 is 0 Å². The molecule has 1 N–H and O–H groups in total. The Balaban J connectivity index is 1.69. The molecule has 0 atom stereocenters. The van der Waals surface area contributed by atoms with Crippen LogP contribution in [-0.4, -0.2) is 17.4 Å². The van der Waals surface area contributed by atoms with Gasteiger partial charge in [-0.25, -0.2) is 4.39 Å². The first-order valence-corrected chi connectivity index (χ1v) is 8.04. The number of para-hydroxylation sites is 1. The van der Waals surface area contributed by atoms with Crippen LogP contribution in [0.1, 0.15) is 11.3 Å². The minimum Gasteiger partial charge on any atom is -0.468 e. The van der Waals surface area contributed by atoms with Crippen LogP contribution >= 0.6 is 0 Å². The monoisotopic (exact) mass is 338 g/mol. The fraction of sp³-hybridized carbons (Fsp3) is 0.150. The van der Waals surface area contributed by atoms with E-state index in [1.54, 1.807) is 30.5 Å². The van der Waals surface area contributed by atoms with Gasteiger partial charge in [0.1, 0.15) is 11.6 Å². The zero-order valence-corrected chi connectivity index (χ0v) is 13.7. The van der Waals surface area contributed by atoms with Gasteiger partial charge < -0.3 is 9.73 Å². The molecule has 3 rings (SSSR count). The second kappa shape index (κ2) is 8.26. The third-order valence-electron chi connectivity index (χ3n) is 3.74. The number of benzene rings is 2. The fourth-order valence-electron chi connectivity index (χ4n) is 2.58. The van der Waals surface area contributed by atoms with Crippen molar-refractivity contribution in [1.82, 2.24) is 4.90 Å². The highest BCUT2D eigenvalue weighted by Gasteiger charge is 2.15. The SMILES string of the molecule is O=C(CN(Cc1ccco1)Cc1ccccc1F)Nc1ccccc1. The highest BCUT2D eigenvalue weighted by Crippen LogP contribution is 2.14. The van der Waals surface area contributed by atoms with E-state index in [2.05, 4.69) is 5.32 Å². The van der Waals surface area contributed by atoms with E-state index in [0.717, 1.165) is 11.4 Å². The summed E-state index contributed by atoms with van der Waals surface area (Å²) in [5, 5.41) is 2.85. The average Bonchev–Trinajstić information content (AvgIpc) is 3.10. The predicted octanol–water partition coefficient (Wildman–Crippen LogP) is 4.06. The Labute approximate surface area is 145 Å². The molecule has 0 spiro atoms. The topological polar surface area (TPSA) is 45.5 Å². The molecule has 0 aliphatic heterocycles. The molecule has 3 aromatic rings. The molecule has 0 unspecified atom stereocenters. The Morgan fingerprint density at radius 1 is 0.960 bits per heavy atom. The standard InChI is InChI=1S/C20H19FN2O2/c21-19-11-5-4-7-16(19)13-23(14-18-10-6-12-25-18)15-20(24)22-17-8-2-1-3-9-17/h1-12H,13-15H2,(H,22,24). The molecular formula is C20H19FN2O2. The molecule has 0 fully saturated rings. The van der Waals surface area contributed by atoms with Gasteiger partial charge in [-0.3, -0.25) is 9.69 Å². The maximum atomic E-state index is 14.0. The summed E-state index contributed by atoms with van der Waals surface area (Å²) < 4.78 is 19.3. The number of furan rings is 1. The Hall–Kier alpha value is -2.92. The Morgan fingerprint density at radius 2 is 1.72 bits per heavy atom. The number of nitrogens with one attached hydrogen (secondary N) is 1. The van der Waals surface area contributed by atoms with Crippen molar-refractivity contribution in [2.75, 3.05) is 11.9 Å². The van der Waals surface area contributed by atoms with Gasteiger partial charge >= 0.3 is 0 Å². The number of hydrogen-bond acceptors (Lipinski definition) is 3. The van der Waals surface area contributed by atoms with Crippen LogP contribution < -0.4 is 5.32 Å². The van der Waals surface area contributed by atoms with Crippen LogP contribution in [0.2, 0.25) is 0 Å². The molecule has 25 heavy (non-hydrogen) atoms. The van der Waals surface area contributed by atoms with Gasteiger partial charge in [-0.05, 0) is 30.3 Å². The van der Waals surface area contributed by atoms with Crippen molar-refractivity contribution in [3.63, 3.8) is 0 Å². The molecule has 1 aromatic heterocycles. The smallest absolute Gasteiger partial charge is 0.238 e. The van der Waals surface area contributed by atoms with Crippen LogP contribution in [0.4, 0.5) is 10.1 Å². The van der Waals surface area contributed by atoms with E-state index in [1.807, 2.05) is 41.3 Å². The minimum absolute atomic E-state index is 0.129. The van der Waals surface area contributed by atoms with Crippen molar-refractivity contribution in [2.24, 2.45) is 0 Å². The summed E-state index contributed by atoms with van der Waals surface area (Å²) in [4.78, 5) is 14.2. The van der Waals surface area contributed by atoms with Crippen molar-refractivity contribution in [3.8, 4) is 0 Å². The first-order chi connectivity index (χ1) is 12.2. The first kappa shape index (κ1) is 16.9. The molecule has 0 radical (unpaired) electrons. The Bertz CT molecular complexity index is 804. The number of rotatable bonds is 7. The van der Waals surface area contributed by atoms with Gasteiger partial charge in [0.25, 0.3) is 0 Å². The number of nitrogens with zero attached hydrogens (tertiary/aromatic N) is 1. The van der Waals surface area contributed by atoms with Crippen LogP contribution in [-0.2, 0) is 17.9 Å². The predicted molar refractivity (Wildman–Crippen MR) is 94.3 cm³/mol. The van der Waals surface area contributed by atoms with E-state index in [-0.39, 0.29) is 18.3 Å². The Kier molecular flexibility index (Phi) is 5.59. The number of anilines is 1. The normalized spacial score (nSPS) is 10.8. The summed E-state index contributed by atoms with van der Waals surface area (Å²) in [6.07, 6.45) is 1.58. The quantitative estimate of drug-likeness (QED) is 0.707. The fourth-order valence-corrected chi connectivity index (χ4v) is 2.58. The van der Waals surface area contributed by atoms with Crippen LogP contribution in [0.3, 0.4) is 0 Å². The molecule has 128 valence electrons. The number of halogens is 1. The van der Waals surface area contributed by atoms with E-state index in [9.17, 15) is 9.18 Å². The molecule has 4 nitrogen and oxygen atoms in total. The zero-order chi connectivity index (χ0) is 17.5. The van der Waals surface area contributed by atoms with Crippen LogP contribution in [0.5, 0.6) is 0 Å². The lowest BCUT2D eigenvalue weighted by Crippen LogP contribution is -2.32. The second-order valence-corrected chi connectivity index (χ2v) is 5.73. The van der Waals surface area contributed by atoms with Gasteiger partial charge in [0.15, 0.2) is 0 Å². The zero-order valence-electron chi connectivity index (χ0n) is 13.7. The molecule has 1 amide bonds. The third kappa shape index (κ3) is 5.02.